The summed E-state index contributed by atoms with van der Waals surface area (Å²) >= 11 is 0. The summed E-state index contributed by atoms with van der Waals surface area (Å²) in [4.78, 5) is 0. The Morgan fingerprint density at radius 1 is 0.679 bits per heavy atom. The average Bonchev–Trinajstić information content (AvgIpc) is 3.14. The molecule has 0 amide bonds. The second kappa shape index (κ2) is 20.3. The van der Waals surface area contributed by atoms with Crippen LogP contribution in [0.4, 0.5) is 5.69 Å². The third-order valence-corrected chi connectivity index (χ3v) is 16.4. The monoisotopic (exact) mass is 849 g/mol. The Bertz CT molecular complexity index is 1780. The molecule has 2 saturated carbocycles. The smallest absolute Gasteiger partial charge is 0.296 e. The van der Waals surface area contributed by atoms with E-state index in [-0.39, 0.29) is 43.9 Å². The first-order valence-corrected chi connectivity index (χ1v) is 22.8. The fraction of sp³-hybridized carbons (Fsp3) is 0.455. The Kier molecular flexibility index (Phi) is 16.5. The topological polar surface area (TPSA) is 73.9 Å². The number of nitrogens with one attached hydrogen (secondary N) is 1. The number of ether oxygens (including phenoxy) is 2. The maximum absolute atomic E-state index is 13.1. The summed E-state index contributed by atoms with van der Waals surface area (Å²) in [5, 5.41) is 4.24. The van der Waals surface area contributed by atoms with Crippen molar-refractivity contribution in [3.05, 3.63) is 97.1 Å². The van der Waals surface area contributed by atoms with Gasteiger partial charge in [-0.1, -0.05) is 60.9 Å². The van der Waals surface area contributed by atoms with Gasteiger partial charge in [0.1, 0.15) is 28.1 Å². The summed E-state index contributed by atoms with van der Waals surface area (Å²) in [7, 11) is -4.40. The van der Waals surface area contributed by atoms with Crippen LogP contribution in [0.2, 0.25) is 0 Å². The summed E-state index contributed by atoms with van der Waals surface area (Å²) in [6, 6.07) is 33.8. The van der Waals surface area contributed by atoms with Crippen LogP contribution in [0.1, 0.15) is 91.9 Å². The summed E-state index contributed by atoms with van der Waals surface area (Å²) in [5.74, 6) is 1.52. The minimum Gasteiger partial charge on any atom is -0.490 e. The van der Waals surface area contributed by atoms with E-state index in [1.54, 1.807) is 0 Å². The van der Waals surface area contributed by atoms with Crippen LogP contribution in [-0.4, -0.2) is 45.2 Å². The van der Waals surface area contributed by atoms with Gasteiger partial charge in [-0.3, -0.25) is 0 Å². The first-order valence-electron chi connectivity index (χ1n) is 19.1. The maximum Gasteiger partial charge on any atom is 0.296 e. The molecule has 290 valence electrons. The standard InChI is InChI=1S/C31H46O5PS.C13H12N.Pd/c1-23(2)34-28-20-14-21-29(35-24(3)4)31(28)27-19-12-13-22-30(27)37(36-38(5,32)33,25-15-8-6-9-16-25)26-17-10-7-11-18-26;1-14-13-10-6-5-9-12(13)11-7-3-2-4-8-11;/h12-14,19-26H,6-11,15-18H2,1-5H3;2-7,9-10,14H,1H3;/q+1;-1;. The van der Waals surface area contributed by atoms with Crippen LogP contribution >= 0.6 is 7.49 Å². The van der Waals surface area contributed by atoms with Gasteiger partial charge in [0.2, 0.25) is 7.49 Å². The van der Waals surface area contributed by atoms with E-state index in [2.05, 4.69) is 47.8 Å². The quantitative estimate of drug-likeness (QED) is 0.0870. The van der Waals surface area contributed by atoms with Crippen LogP contribution in [0.25, 0.3) is 22.3 Å². The Hall–Kier alpha value is -2.72. The van der Waals surface area contributed by atoms with Crippen molar-refractivity contribution in [2.24, 2.45) is 0 Å². The van der Waals surface area contributed by atoms with Gasteiger partial charge in [0.15, 0.2) is 0 Å². The first kappa shape index (κ1) is 43.0. The molecule has 0 saturated heterocycles. The van der Waals surface area contributed by atoms with Gasteiger partial charge in [0.05, 0.1) is 24.0 Å². The molecule has 6 rings (SSSR count). The predicted molar refractivity (Wildman–Crippen MR) is 220 cm³/mol. The van der Waals surface area contributed by atoms with Crippen LogP contribution in [0.5, 0.6) is 11.5 Å². The molecule has 1 N–H and O–H groups in total. The van der Waals surface area contributed by atoms with Gasteiger partial charge < -0.3 is 14.8 Å². The molecule has 0 aliphatic heterocycles. The van der Waals surface area contributed by atoms with Crippen molar-refractivity contribution in [2.75, 3.05) is 18.6 Å². The van der Waals surface area contributed by atoms with Crippen LogP contribution in [0, 0.1) is 6.07 Å². The third kappa shape index (κ3) is 11.2. The van der Waals surface area contributed by atoms with Crippen molar-refractivity contribution in [2.45, 2.75) is 115 Å². The largest absolute Gasteiger partial charge is 0.490 e. The van der Waals surface area contributed by atoms with Gasteiger partial charge in [-0.15, -0.1) is 39.9 Å². The van der Waals surface area contributed by atoms with Crippen LogP contribution in [-0.2, 0) is 34.5 Å². The van der Waals surface area contributed by atoms with Gasteiger partial charge in [0.25, 0.3) is 10.1 Å². The van der Waals surface area contributed by atoms with E-state index in [4.69, 9.17) is 13.4 Å². The van der Waals surface area contributed by atoms with E-state index in [0.29, 0.717) is 0 Å². The number of anilines is 1. The fourth-order valence-electron chi connectivity index (χ4n) is 7.97. The molecule has 4 aromatic carbocycles. The predicted octanol–water partition coefficient (Wildman–Crippen LogP) is 11.3. The zero-order valence-corrected chi connectivity index (χ0v) is 35.5. The summed E-state index contributed by atoms with van der Waals surface area (Å²) in [6.45, 7) is 8.11. The summed E-state index contributed by atoms with van der Waals surface area (Å²) < 4.78 is 45.6. The molecule has 0 radical (unpaired) electrons. The van der Waals surface area contributed by atoms with Gasteiger partial charge in [-0.05, 0) is 109 Å². The summed E-state index contributed by atoms with van der Waals surface area (Å²) in [6.07, 6.45) is 12.2. The van der Waals surface area contributed by atoms with Gasteiger partial charge in [-0.2, -0.15) is 8.42 Å². The zero-order valence-electron chi connectivity index (χ0n) is 32.3. The van der Waals surface area contributed by atoms with E-state index in [9.17, 15) is 8.42 Å². The van der Waals surface area contributed by atoms with Crippen molar-refractivity contribution < 1.29 is 42.3 Å². The van der Waals surface area contributed by atoms with E-state index in [0.717, 1.165) is 90.5 Å². The molecular weight excluding hydrogens is 792 g/mol. The second-order valence-corrected chi connectivity index (χ2v) is 20.0. The number of para-hydroxylation sites is 1. The molecule has 0 spiro atoms. The molecule has 9 heteroatoms. The molecule has 53 heavy (non-hydrogen) atoms. The van der Waals surface area contributed by atoms with E-state index in [1.165, 1.54) is 24.7 Å². The second-order valence-electron chi connectivity index (χ2n) is 14.6. The molecule has 0 unspecified atom stereocenters. The van der Waals surface area contributed by atoms with E-state index < -0.39 is 17.6 Å². The van der Waals surface area contributed by atoms with Gasteiger partial charge in [-0.25, -0.2) is 0 Å². The molecule has 2 fully saturated rings. The van der Waals surface area contributed by atoms with E-state index >= 15 is 0 Å². The van der Waals surface area contributed by atoms with Crippen LogP contribution in [0.3, 0.4) is 0 Å². The van der Waals surface area contributed by atoms with Crippen molar-refractivity contribution in [1.29, 1.82) is 0 Å². The fourth-order valence-corrected chi connectivity index (χ4v) is 15.6. The molecule has 0 bridgehead atoms. The zero-order chi connectivity index (χ0) is 37.1. The average molecular weight is 850 g/mol. The van der Waals surface area contributed by atoms with Crippen molar-refractivity contribution in [1.82, 2.24) is 0 Å². The van der Waals surface area contributed by atoms with Gasteiger partial charge in [0, 0.05) is 33.0 Å². The molecule has 0 atom stereocenters. The SMILES string of the molecule is CC(C)Oc1cccc(OC(C)C)c1-c1ccccc1[P+](OS(C)(=O)=O)(C1CCCCC1)C1CCCCC1.CNc1ccccc1-c1[c-]cccc1.[Pd]. The molecule has 2 aliphatic carbocycles. The number of benzene rings is 4. The number of hydrogen-bond donors (Lipinski definition) is 1. The maximum atomic E-state index is 13.1. The summed E-state index contributed by atoms with van der Waals surface area (Å²) in [5.41, 5.74) is 5.82. The first-order chi connectivity index (χ1) is 25.0. The van der Waals surface area contributed by atoms with Crippen molar-refractivity contribution in [3.8, 4) is 33.8 Å². The minimum atomic E-state index is -3.70. The normalized spacial score (nSPS) is 15.6. The Balaban J connectivity index is 0.000000349. The van der Waals surface area contributed by atoms with Crippen molar-refractivity contribution in [3.63, 3.8) is 0 Å². The molecule has 6 nitrogen and oxygen atoms in total. The van der Waals surface area contributed by atoms with Crippen LogP contribution in [0.15, 0.2) is 91.0 Å². The molecule has 2 aliphatic rings. The molecule has 0 aromatic heterocycles. The van der Waals surface area contributed by atoms with Crippen molar-refractivity contribution >= 4 is 28.6 Å². The van der Waals surface area contributed by atoms with Gasteiger partial charge >= 0.3 is 0 Å². The number of hydrogen-bond acceptors (Lipinski definition) is 6. The Labute approximate surface area is 334 Å². The Morgan fingerprint density at radius 3 is 1.68 bits per heavy atom. The molecule has 4 aromatic rings. The molecular formula is C44H58NO5PPdS. The third-order valence-electron chi connectivity index (χ3n) is 9.95. The molecule has 0 heterocycles. The Morgan fingerprint density at radius 2 is 1.19 bits per heavy atom. The van der Waals surface area contributed by atoms with E-state index in [1.807, 2.05) is 89.3 Å². The van der Waals surface area contributed by atoms with Crippen LogP contribution < -0.4 is 20.1 Å². The number of rotatable bonds is 12. The minimum absolute atomic E-state index is 0.